The number of rotatable bonds is 24. The SMILES string of the molecule is COC(=O)CCCCNC1c2ccccc2N(C)S(=O)(=O)c2cc(C)c(Cl)cc21.COC(=O)CCCCNC1c2ccccc2N(C)S(=O)(=O)c2cc(C)c(F)cc21.COC(=O)CCCCNC1c2ccccc2N(C)S(=O)(=O)c2cc(C)c(F)cc21.COC(=O)CCCCNC1c2ccccc2N(C)S(=O)(=O)c2cc(Cl)c(F)cc21. The summed E-state index contributed by atoms with van der Waals surface area (Å²) >= 11 is 12.3. The van der Waals surface area contributed by atoms with Crippen molar-refractivity contribution >= 4 is 110 Å². The zero-order valence-electron chi connectivity index (χ0n) is 66.3. The smallest absolute Gasteiger partial charge is 0.305 e. The summed E-state index contributed by atoms with van der Waals surface area (Å²) in [6, 6.07) is 38.2. The summed E-state index contributed by atoms with van der Waals surface area (Å²) < 4.78 is 172. The van der Waals surface area contributed by atoms with Crippen LogP contribution < -0.4 is 38.5 Å². The van der Waals surface area contributed by atoms with E-state index in [1.165, 1.54) is 97.1 Å². The number of nitrogens with zero attached hydrogens (tertiary/aromatic N) is 4. The first-order valence-corrected chi connectivity index (χ1v) is 44.0. The fourth-order valence-corrected chi connectivity index (χ4v) is 20.5. The normalized spacial score (nSPS) is 17.2. The number of nitrogens with one attached hydrogen (secondary N) is 4. The van der Waals surface area contributed by atoms with Crippen molar-refractivity contribution in [1.82, 2.24) is 21.3 Å². The zero-order valence-corrected chi connectivity index (χ0v) is 71.1. The number of esters is 4. The molecule has 12 rings (SSSR count). The van der Waals surface area contributed by atoms with Crippen molar-refractivity contribution in [2.75, 3.05) is 100 Å². The van der Waals surface area contributed by atoms with Crippen molar-refractivity contribution in [2.24, 2.45) is 0 Å². The molecule has 8 aromatic rings. The minimum atomic E-state index is -3.91. The maximum Gasteiger partial charge on any atom is 0.305 e. The highest BCUT2D eigenvalue weighted by Crippen LogP contribution is 2.46. The van der Waals surface area contributed by atoms with Crippen LogP contribution in [0.3, 0.4) is 0 Å². The standard InChI is InChI=1S/C21H25ClN2O4S.2C21H25FN2O4S.C20H22ClFN2O4S/c3*1-14-12-19-16(13-17(14)22)21(23-11-7-6-10-20(25)28-3)15-8-4-5-9-18(15)24(2)29(19,26)27;1-24-17-8-4-3-7-13(17)20(23-10-6-5-9-19(25)28-2)14-11-16(22)15(21)12-18(14)29(24,26)27/h3*4-5,8-9,12-13,21,23H,6-7,10-11H2,1-3H3;3-4,7-8,11-12,20,23H,5-6,9-10H2,1-2H3. The first kappa shape index (κ1) is 90.8. The van der Waals surface area contributed by atoms with Gasteiger partial charge in [0.2, 0.25) is 0 Å². The predicted octanol–water partition coefficient (Wildman–Crippen LogP) is 14.0. The number of ether oxygens (including phenoxy) is 4. The zero-order chi connectivity index (χ0) is 84.7. The molecule has 4 heterocycles. The highest BCUT2D eigenvalue weighted by molar-refractivity contribution is 7.93. The fraction of sp³-hybridized carbons (Fsp3) is 0.373. The van der Waals surface area contributed by atoms with E-state index in [2.05, 4.69) is 40.2 Å². The lowest BCUT2D eigenvalue weighted by Gasteiger charge is -2.22. The Hall–Kier alpha value is -9.15. The van der Waals surface area contributed by atoms with Gasteiger partial charge in [-0.2, -0.15) is 0 Å². The van der Waals surface area contributed by atoms with E-state index in [9.17, 15) is 66.0 Å². The number of halogens is 5. The maximum atomic E-state index is 14.4. The molecule has 0 fully saturated rings. The number of para-hydroxylation sites is 4. The molecular formula is C83H97Cl2F3N8O16S4. The van der Waals surface area contributed by atoms with Crippen LogP contribution >= 0.6 is 23.2 Å². The van der Waals surface area contributed by atoms with Crippen molar-refractivity contribution in [3.8, 4) is 0 Å². The first-order chi connectivity index (χ1) is 55.1. The number of benzene rings is 8. The Kier molecular flexibility index (Phi) is 31.2. The summed E-state index contributed by atoms with van der Waals surface area (Å²) in [5.41, 5.74) is 8.31. The van der Waals surface area contributed by atoms with Gasteiger partial charge in [-0.05, 0) is 232 Å². The third kappa shape index (κ3) is 20.5. The molecule has 8 aromatic carbocycles. The first-order valence-electron chi connectivity index (χ1n) is 37.5. The predicted molar refractivity (Wildman–Crippen MR) is 441 cm³/mol. The van der Waals surface area contributed by atoms with Gasteiger partial charge in [0.25, 0.3) is 40.1 Å². The number of sulfonamides is 4. The van der Waals surface area contributed by atoms with Gasteiger partial charge < -0.3 is 40.2 Å². The van der Waals surface area contributed by atoms with Crippen molar-refractivity contribution in [1.29, 1.82) is 0 Å². The molecule has 0 saturated heterocycles. The number of anilines is 4. The van der Waals surface area contributed by atoms with Crippen LogP contribution in [0.2, 0.25) is 10.0 Å². The van der Waals surface area contributed by atoms with E-state index in [4.69, 9.17) is 23.2 Å². The van der Waals surface area contributed by atoms with Crippen molar-refractivity contribution < 1.29 is 85.0 Å². The summed E-state index contributed by atoms with van der Waals surface area (Å²) in [5.74, 6) is -2.61. The second-order valence-corrected chi connectivity index (χ2v) is 36.6. The number of hydrogen-bond acceptors (Lipinski definition) is 20. The van der Waals surface area contributed by atoms with E-state index in [-0.39, 0.29) is 65.7 Å². The van der Waals surface area contributed by atoms with Crippen LogP contribution in [-0.2, 0) is 78.2 Å². The van der Waals surface area contributed by atoms with Crippen molar-refractivity contribution in [3.05, 3.63) is 234 Å². The molecule has 0 saturated carbocycles. The van der Waals surface area contributed by atoms with Gasteiger partial charge in [0.05, 0.1) is 100.0 Å². The summed E-state index contributed by atoms with van der Waals surface area (Å²) in [5, 5.41) is 13.8. The van der Waals surface area contributed by atoms with Crippen LogP contribution in [0.1, 0.15) is 162 Å². The van der Waals surface area contributed by atoms with E-state index in [0.717, 1.165) is 29.2 Å². The molecule has 33 heteroatoms. The molecule has 0 amide bonds. The van der Waals surface area contributed by atoms with Gasteiger partial charge >= 0.3 is 23.9 Å². The Morgan fingerprint density at radius 1 is 0.328 bits per heavy atom. The topological polar surface area (TPSA) is 303 Å². The Balaban J connectivity index is 0.000000177. The molecule has 0 aliphatic carbocycles. The number of methoxy groups -OCH3 is 4. The Morgan fingerprint density at radius 3 is 0.828 bits per heavy atom. The lowest BCUT2D eigenvalue weighted by atomic mass is 9.95. The van der Waals surface area contributed by atoms with E-state index >= 15 is 0 Å². The highest BCUT2D eigenvalue weighted by atomic mass is 35.5. The molecular weight excluding hydrogens is 1620 g/mol. The number of carbonyl (C=O) groups excluding carboxylic acids is 4. The molecule has 624 valence electrons. The van der Waals surface area contributed by atoms with Crippen LogP contribution in [0.25, 0.3) is 0 Å². The van der Waals surface area contributed by atoms with Gasteiger partial charge in [0, 0.05) is 58.9 Å². The molecule has 4 atom stereocenters. The molecule has 4 aliphatic heterocycles. The number of fused-ring (bicyclic) bond motifs is 8. The van der Waals surface area contributed by atoms with E-state index < -0.39 is 75.7 Å². The largest absolute Gasteiger partial charge is 0.469 e. The van der Waals surface area contributed by atoms with Gasteiger partial charge in [-0.3, -0.25) is 36.4 Å². The van der Waals surface area contributed by atoms with Crippen molar-refractivity contribution in [2.45, 2.75) is 142 Å². The summed E-state index contributed by atoms with van der Waals surface area (Å²) in [6.45, 7) is 7.10. The minimum Gasteiger partial charge on any atom is -0.469 e. The Bertz CT molecular complexity index is 4760. The molecule has 4 unspecified atom stereocenters. The lowest BCUT2D eigenvalue weighted by Crippen LogP contribution is -2.26. The molecule has 0 aromatic heterocycles. The van der Waals surface area contributed by atoms with Crippen LogP contribution in [0.15, 0.2) is 165 Å². The molecule has 4 aliphatic rings. The number of hydrogen-bond donors (Lipinski definition) is 4. The Labute approximate surface area is 687 Å². The average Bonchev–Trinajstić information content (AvgIpc) is 1.61. The number of unbranched alkanes of at least 4 members (excludes halogenated alkanes) is 4. The lowest BCUT2D eigenvalue weighted by molar-refractivity contribution is -0.141. The summed E-state index contributed by atoms with van der Waals surface area (Å²) in [4.78, 5) is 45.5. The van der Waals surface area contributed by atoms with Crippen LogP contribution in [0.4, 0.5) is 35.9 Å². The molecule has 4 N–H and O–H groups in total. The molecule has 0 bridgehead atoms. The fourth-order valence-electron chi connectivity index (χ4n) is 14.1. The van der Waals surface area contributed by atoms with Gasteiger partial charge in [0.1, 0.15) is 17.5 Å². The highest BCUT2D eigenvalue weighted by Gasteiger charge is 2.41. The van der Waals surface area contributed by atoms with Crippen LogP contribution in [-0.4, -0.2) is 140 Å². The monoisotopic (exact) mass is 1720 g/mol. The summed E-state index contributed by atoms with van der Waals surface area (Å²) in [6.07, 6.45) is 6.70. The minimum absolute atomic E-state index is 0.0327. The second-order valence-electron chi connectivity index (χ2n) is 28.0. The van der Waals surface area contributed by atoms with Crippen molar-refractivity contribution in [3.63, 3.8) is 0 Å². The Morgan fingerprint density at radius 2 is 0.560 bits per heavy atom. The van der Waals surface area contributed by atoms with Gasteiger partial charge in [-0.1, -0.05) is 96.0 Å². The van der Waals surface area contributed by atoms with E-state index in [1.54, 1.807) is 82.4 Å². The third-order valence-corrected chi connectivity index (χ3v) is 28.6. The number of carbonyl (C=O) groups is 4. The third-order valence-electron chi connectivity index (χ3n) is 20.6. The molecule has 0 radical (unpaired) electrons. The van der Waals surface area contributed by atoms with E-state index in [1.807, 2.05) is 54.6 Å². The second kappa shape index (κ2) is 39.9. The molecule has 24 nitrogen and oxygen atoms in total. The van der Waals surface area contributed by atoms with Gasteiger partial charge in [0.15, 0.2) is 0 Å². The van der Waals surface area contributed by atoms with Gasteiger partial charge in [-0.15, -0.1) is 0 Å². The molecule has 116 heavy (non-hydrogen) atoms. The summed E-state index contributed by atoms with van der Waals surface area (Å²) in [7, 11) is -3.80. The average molecular weight is 1720 g/mol. The van der Waals surface area contributed by atoms with E-state index in [0.29, 0.717) is 158 Å². The number of aryl methyl sites for hydroxylation is 3. The van der Waals surface area contributed by atoms with Crippen LogP contribution in [0, 0.1) is 38.2 Å². The molecule has 0 spiro atoms. The quantitative estimate of drug-likeness (QED) is 0.0248. The maximum absolute atomic E-state index is 14.4. The van der Waals surface area contributed by atoms with Gasteiger partial charge in [-0.25, -0.2) is 46.8 Å². The van der Waals surface area contributed by atoms with Crippen LogP contribution in [0.5, 0.6) is 0 Å².